The van der Waals surface area contributed by atoms with Gasteiger partial charge >= 0.3 is 0 Å². The zero-order chi connectivity index (χ0) is 17.6. The Morgan fingerprint density at radius 2 is 1.68 bits per heavy atom. The molecule has 3 rings (SSSR count). The molecule has 0 aliphatic heterocycles. The van der Waals surface area contributed by atoms with E-state index in [9.17, 15) is 4.79 Å². The van der Waals surface area contributed by atoms with Gasteiger partial charge in [0.15, 0.2) is 0 Å². The van der Waals surface area contributed by atoms with E-state index in [-0.39, 0.29) is 5.91 Å². The Morgan fingerprint density at radius 3 is 2.32 bits per heavy atom. The molecule has 2 aromatic carbocycles. The van der Waals surface area contributed by atoms with Crippen LogP contribution in [0.25, 0.3) is 5.69 Å². The van der Waals surface area contributed by atoms with Crippen molar-refractivity contribution >= 4 is 5.91 Å². The van der Waals surface area contributed by atoms with Gasteiger partial charge in [-0.05, 0) is 38.0 Å². The van der Waals surface area contributed by atoms with Crippen molar-refractivity contribution in [2.24, 2.45) is 0 Å². The van der Waals surface area contributed by atoms with Crippen molar-refractivity contribution < 1.29 is 4.79 Å². The van der Waals surface area contributed by atoms with Crippen LogP contribution in [0.15, 0.2) is 66.9 Å². The standard InChI is InChI=1S/C21H23N3O/c1-3-23(15-14-18-10-6-4-7-11-18)21(25)20-16-22-24(17(20)2)19-12-8-5-9-13-19/h4-13,16H,3,14-15H2,1-2H3. The Bertz CT molecular complexity index is 825. The number of nitrogens with zero attached hydrogens (tertiary/aromatic N) is 3. The van der Waals surface area contributed by atoms with E-state index in [0.29, 0.717) is 18.7 Å². The van der Waals surface area contributed by atoms with Crippen LogP contribution in [0.2, 0.25) is 0 Å². The largest absolute Gasteiger partial charge is 0.338 e. The molecule has 1 heterocycles. The summed E-state index contributed by atoms with van der Waals surface area (Å²) in [7, 11) is 0. The van der Waals surface area contributed by atoms with Crippen LogP contribution >= 0.6 is 0 Å². The van der Waals surface area contributed by atoms with E-state index in [0.717, 1.165) is 17.8 Å². The summed E-state index contributed by atoms with van der Waals surface area (Å²) in [5.41, 5.74) is 3.74. The first-order chi connectivity index (χ1) is 12.2. The third-order valence-electron chi connectivity index (χ3n) is 4.42. The second-order valence-electron chi connectivity index (χ2n) is 6.01. The quantitative estimate of drug-likeness (QED) is 0.686. The summed E-state index contributed by atoms with van der Waals surface area (Å²) in [6.07, 6.45) is 2.53. The summed E-state index contributed by atoms with van der Waals surface area (Å²) in [6, 6.07) is 20.1. The lowest BCUT2D eigenvalue weighted by Gasteiger charge is -2.20. The first-order valence-electron chi connectivity index (χ1n) is 8.64. The summed E-state index contributed by atoms with van der Waals surface area (Å²) >= 11 is 0. The number of aromatic nitrogens is 2. The van der Waals surface area contributed by atoms with Crippen molar-refractivity contribution in [3.05, 3.63) is 83.7 Å². The smallest absolute Gasteiger partial charge is 0.257 e. The highest BCUT2D eigenvalue weighted by atomic mass is 16.2. The number of likely N-dealkylation sites (N-methyl/N-ethyl adjacent to an activating group) is 1. The lowest BCUT2D eigenvalue weighted by molar-refractivity contribution is 0.0765. The predicted molar refractivity (Wildman–Crippen MR) is 100 cm³/mol. The van der Waals surface area contributed by atoms with Crippen molar-refractivity contribution in [3.8, 4) is 5.69 Å². The Balaban J connectivity index is 1.76. The summed E-state index contributed by atoms with van der Waals surface area (Å²) in [4.78, 5) is 14.8. The zero-order valence-electron chi connectivity index (χ0n) is 14.7. The average molecular weight is 333 g/mol. The van der Waals surface area contributed by atoms with Crippen LogP contribution in [0.5, 0.6) is 0 Å². The molecule has 3 aromatic rings. The molecular formula is C21H23N3O. The van der Waals surface area contributed by atoms with Gasteiger partial charge in [-0.25, -0.2) is 4.68 Å². The highest BCUT2D eigenvalue weighted by Gasteiger charge is 2.20. The van der Waals surface area contributed by atoms with E-state index in [1.807, 2.05) is 72.0 Å². The van der Waals surface area contributed by atoms with Crippen LogP contribution in [0.1, 0.15) is 28.5 Å². The summed E-state index contributed by atoms with van der Waals surface area (Å²) in [5.74, 6) is 0.0399. The molecule has 0 bridgehead atoms. The average Bonchev–Trinajstić information content (AvgIpc) is 3.05. The minimum Gasteiger partial charge on any atom is -0.338 e. The number of amides is 1. The molecule has 1 aromatic heterocycles. The fourth-order valence-electron chi connectivity index (χ4n) is 2.93. The van der Waals surface area contributed by atoms with Gasteiger partial charge in [-0.2, -0.15) is 5.10 Å². The summed E-state index contributed by atoms with van der Waals surface area (Å²) < 4.78 is 1.82. The van der Waals surface area contributed by atoms with Gasteiger partial charge in [-0.15, -0.1) is 0 Å². The number of hydrogen-bond donors (Lipinski definition) is 0. The normalized spacial score (nSPS) is 10.6. The second kappa shape index (κ2) is 7.79. The van der Waals surface area contributed by atoms with Gasteiger partial charge in [0.25, 0.3) is 5.91 Å². The molecular weight excluding hydrogens is 310 g/mol. The van der Waals surface area contributed by atoms with Crippen molar-refractivity contribution in [1.29, 1.82) is 0 Å². The fourth-order valence-corrected chi connectivity index (χ4v) is 2.93. The highest BCUT2D eigenvalue weighted by Crippen LogP contribution is 2.16. The van der Waals surface area contributed by atoms with E-state index >= 15 is 0 Å². The number of hydrogen-bond acceptors (Lipinski definition) is 2. The maximum absolute atomic E-state index is 12.9. The molecule has 1 amide bonds. The lowest BCUT2D eigenvalue weighted by atomic mass is 10.1. The van der Waals surface area contributed by atoms with Crippen molar-refractivity contribution in [1.82, 2.24) is 14.7 Å². The third-order valence-corrected chi connectivity index (χ3v) is 4.42. The van der Waals surface area contributed by atoms with Crippen molar-refractivity contribution in [2.45, 2.75) is 20.3 Å². The van der Waals surface area contributed by atoms with Crippen molar-refractivity contribution in [2.75, 3.05) is 13.1 Å². The first-order valence-corrected chi connectivity index (χ1v) is 8.64. The van der Waals surface area contributed by atoms with Crippen LogP contribution in [-0.4, -0.2) is 33.7 Å². The van der Waals surface area contributed by atoms with Gasteiger partial charge < -0.3 is 4.90 Å². The van der Waals surface area contributed by atoms with Crippen LogP contribution in [0.3, 0.4) is 0 Å². The highest BCUT2D eigenvalue weighted by molar-refractivity contribution is 5.95. The SMILES string of the molecule is CCN(CCc1ccccc1)C(=O)c1cnn(-c2ccccc2)c1C. The Labute approximate surface area is 148 Å². The van der Waals surface area contributed by atoms with Gasteiger partial charge in [0.1, 0.15) is 0 Å². The summed E-state index contributed by atoms with van der Waals surface area (Å²) in [5, 5.41) is 4.41. The molecule has 0 unspecified atom stereocenters. The molecule has 0 saturated carbocycles. The van der Waals surface area contributed by atoms with Crippen LogP contribution in [0, 0.1) is 6.92 Å². The van der Waals surface area contributed by atoms with Crippen LogP contribution in [-0.2, 0) is 6.42 Å². The second-order valence-corrected chi connectivity index (χ2v) is 6.01. The van der Waals surface area contributed by atoms with E-state index in [1.165, 1.54) is 5.56 Å². The molecule has 0 N–H and O–H groups in total. The van der Waals surface area contributed by atoms with E-state index in [4.69, 9.17) is 0 Å². The molecule has 0 radical (unpaired) electrons. The Morgan fingerprint density at radius 1 is 1.04 bits per heavy atom. The molecule has 0 aliphatic carbocycles. The molecule has 0 saturated heterocycles. The lowest BCUT2D eigenvalue weighted by Crippen LogP contribution is -2.33. The number of benzene rings is 2. The maximum Gasteiger partial charge on any atom is 0.257 e. The minimum absolute atomic E-state index is 0.0399. The first kappa shape index (κ1) is 17.0. The fraction of sp³-hybridized carbons (Fsp3) is 0.238. The van der Waals surface area contributed by atoms with Gasteiger partial charge in [0.05, 0.1) is 23.1 Å². The summed E-state index contributed by atoms with van der Waals surface area (Å²) in [6.45, 7) is 5.34. The molecule has 0 aliphatic rings. The van der Waals surface area contributed by atoms with E-state index in [2.05, 4.69) is 17.2 Å². The van der Waals surface area contributed by atoms with E-state index < -0.39 is 0 Å². The zero-order valence-corrected chi connectivity index (χ0v) is 14.7. The Kier molecular flexibility index (Phi) is 5.29. The number of para-hydroxylation sites is 1. The Hall–Kier alpha value is -2.88. The molecule has 4 nitrogen and oxygen atoms in total. The maximum atomic E-state index is 12.9. The number of carbonyl (C=O) groups is 1. The number of carbonyl (C=O) groups excluding carboxylic acids is 1. The minimum atomic E-state index is 0.0399. The molecule has 25 heavy (non-hydrogen) atoms. The molecule has 4 heteroatoms. The van der Waals surface area contributed by atoms with Gasteiger partial charge in [-0.3, -0.25) is 4.79 Å². The number of rotatable bonds is 6. The molecule has 0 atom stereocenters. The molecule has 128 valence electrons. The van der Waals surface area contributed by atoms with Gasteiger partial charge in [0.2, 0.25) is 0 Å². The third kappa shape index (κ3) is 3.79. The molecule has 0 fully saturated rings. The van der Waals surface area contributed by atoms with E-state index in [1.54, 1.807) is 6.20 Å². The monoisotopic (exact) mass is 333 g/mol. The molecule has 0 spiro atoms. The van der Waals surface area contributed by atoms with Crippen LogP contribution < -0.4 is 0 Å². The van der Waals surface area contributed by atoms with Crippen molar-refractivity contribution in [3.63, 3.8) is 0 Å². The predicted octanol–water partition coefficient (Wildman–Crippen LogP) is 3.89. The topological polar surface area (TPSA) is 38.1 Å². The van der Waals surface area contributed by atoms with Gasteiger partial charge in [0, 0.05) is 13.1 Å². The van der Waals surface area contributed by atoms with Gasteiger partial charge in [-0.1, -0.05) is 48.5 Å². The van der Waals surface area contributed by atoms with Crippen LogP contribution in [0.4, 0.5) is 0 Å².